The molecule has 0 aliphatic rings. The second kappa shape index (κ2) is 6.06. The van der Waals surface area contributed by atoms with Crippen molar-refractivity contribution in [3.05, 3.63) is 66.4 Å². The highest BCUT2D eigenvalue weighted by Crippen LogP contribution is 2.13. The van der Waals surface area contributed by atoms with Gasteiger partial charge >= 0.3 is 0 Å². The van der Waals surface area contributed by atoms with Crippen molar-refractivity contribution in [2.75, 3.05) is 5.32 Å². The summed E-state index contributed by atoms with van der Waals surface area (Å²) >= 11 is 0. The van der Waals surface area contributed by atoms with E-state index in [0.29, 0.717) is 17.1 Å². The van der Waals surface area contributed by atoms with Crippen LogP contribution in [-0.4, -0.2) is 31.6 Å². The molecule has 0 fully saturated rings. The molecule has 0 aliphatic heterocycles. The number of primary amides is 1. The van der Waals surface area contributed by atoms with E-state index in [4.69, 9.17) is 5.73 Å². The van der Waals surface area contributed by atoms with Crippen molar-refractivity contribution in [1.82, 2.24) is 19.7 Å². The summed E-state index contributed by atoms with van der Waals surface area (Å²) in [5.41, 5.74) is 6.67. The van der Waals surface area contributed by atoms with E-state index in [2.05, 4.69) is 20.5 Å². The number of imidazole rings is 1. The maximum atomic E-state index is 12.1. The van der Waals surface area contributed by atoms with E-state index in [1.54, 1.807) is 41.0 Å². The molecule has 0 radical (unpaired) electrons. The smallest absolute Gasteiger partial charge is 0.267 e. The average molecular weight is 308 g/mol. The minimum absolute atomic E-state index is 0.266. The number of hydrogen-bond acceptors (Lipinski definition) is 5. The molecule has 23 heavy (non-hydrogen) atoms. The fourth-order valence-corrected chi connectivity index (χ4v) is 2.01. The fraction of sp³-hybridized carbons (Fsp3) is 0. The first-order valence-electron chi connectivity index (χ1n) is 6.67. The summed E-state index contributed by atoms with van der Waals surface area (Å²) in [6.45, 7) is 0. The van der Waals surface area contributed by atoms with Crippen LogP contribution in [0, 0.1) is 0 Å². The lowest BCUT2D eigenvalue weighted by Gasteiger charge is -2.07. The first-order valence-corrected chi connectivity index (χ1v) is 6.67. The van der Waals surface area contributed by atoms with Gasteiger partial charge in [0, 0.05) is 17.4 Å². The first kappa shape index (κ1) is 14.4. The number of aromatic nitrogens is 4. The molecule has 0 bridgehead atoms. The van der Waals surface area contributed by atoms with E-state index in [-0.39, 0.29) is 11.6 Å². The van der Waals surface area contributed by atoms with Gasteiger partial charge in [-0.2, -0.15) is 5.10 Å². The predicted molar refractivity (Wildman–Crippen MR) is 82.1 cm³/mol. The van der Waals surface area contributed by atoms with E-state index in [0.717, 1.165) is 0 Å². The van der Waals surface area contributed by atoms with E-state index in [9.17, 15) is 9.59 Å². The van der Waals surface area contributed by atoms with Crippen molar-refractivity contribution >= 4 is 17.6 Å². The Hall–Kier alpha value is -3.55. The molecule has 2 aromatic heterocycles. The SMILES string of the molecule is NC(=O)c1cncn1-c1ccc(C(=O)Nc2cccnn2)cc1. The number of nitrogens with zero attached hydrogens (tertiary/aromatic N) is 4. The van der Waals surface area contributed by atoms with Crippen molar-refractivity contribution in [3.8, 4) is 5.69 Å². The van der Waals surface area contributed by atoms with Crippen molar-refractivity contribution in [3.63, 3.8) is 0 Å². The minimum atomic E-state index is -0.577. The molecular weight excluding hydrogens is 296 g/mol. The highest BCUT2D eigenvalue weighted by molar-refractivity contribution is 6.03. The normalized spacial score (nSPS) is 10.3. The van der Waals surface area contributed by atoms with Gasteiger partial charge in [-0.1, -0.05) is 0 Å². The lowest BCUT2D eigenvalue weighted by molar-refractivity contribution is 0.0991. The van der Waals surface area contributed by atoms with Crippen LogP contribution >= 0.6 is 0 Å². The predicted octanol–water partition coefficient (Wildman–Crippen LogP) is 1.01. The molecular formula is C15H12N6O2. The zero-order chi connectivity index (χ0) is 16.2. The van der Waals surface area contributed by atoms with Crippen LogP contribution in [0.3, 0.4) is 0 Å². The van der Waals surface area contributed by atoms with Gasteiger partial charge in [-0.25, -0.2) is 4.98 Å². The van der Waals surface area contributed by atoms with Gasteiger partial charge in [0.15, 0.2) is 5.82 Å². The van der Waals surface area contributed by atoms with Crippen LogP contribution in [0.4, 0.5) is 5.82 Å². The van der Waals surface area contributed by atoms with Gasteiger partial charge in [0.05, 0.1) is 12.5 Å². The molecule has 114 valence electrons. The van der Waals surface area contributed by atoms with Crippen LogP contribution in [-0.2, 0) is 0 Å². The molecule has 0 unspecified atom stereocenters. The average Bonchev–Trinajstić information content (AvgIpc) is 3.06. The summed E-state index contributed by atoms with van der Waals surface area (Å²) < 4.78 is 1.55. The summed E-state index contributed by atoms with van der Waals surface area (Å²) in [6.07, 6.45) is 4.39. The largest absolute Gasteiger partial charge is 0.364 e. The Labute approximate surface area is 131 Å². The Morgan fingerprint density at radius 1 is 1.13 bits per heavy atom. The molecule has 0 aliphatic carbocycles. The van der Waals surface area contributed by atoms with Gasteiger partial charge in [0.2, 0.25) is 0 Å². The standard InChI is InChI=1S/C15H12N6O2/c16-14(22)12-8-17-9-21(12)11-5-3-10(4-6-11)15(23)19-13-2-1-7-18-20-13/h1-9H,(H2,16,22)(H,19,20,23). The summed E-state index contributed by atoms with van der Waals surface area (Å²) in [4.78, 5) is 27.3. The van der Waals surface area contributed by atoms with E-state index < -0.39 is 5.91 Å². The fourth-order valence-electron chi connectivity index (χ4n) is 2.01. The monoisotopic (exact) mass is 308 g/mol. The molecule has 0 spiro atoms. The van der Waals surface area contributed by atoms with Crippen LogP contribution < -0.4 is 11.1 Å². The summed E-state index contributed by atoms with van der Waals surface area (Å²) in [5, 5.41) is 10.1. The number of carbonyl (C=O) groups excluding carboxylic acids is 2. The van der Waals surface area contributed by atoms with E-state index >= 15 is 0 Å². The molecule has 1 aromatic carbocycles. The molecule has 3 N–H and O–H groups in total. The molecule has 0 saturated heterocycles. The van der Waals surface area contributed by atoms with Crippen LogP contribution in [0.25, 0.3) is 5.69 Å². The maximum Gasteiger partial charge on any atom is 0.267 e. The zero-order valence-corrected chi connectivity index (χ0v) is 11.9. The Balaban J connectivity index is 1.80. The summed E-state index contributed by atoms with van der Waals surface area (Å²) in [6, 6.07) is 9.97. The quantitative estimate of drug-likeness (QED) is 0.746. The van der Waals surface area contributed by atoms with E-state index in [1.807, 2.05) is 0 Å². The molecule has 8 heteroatoms. The topological polar surface area (TPSA) is 116 Å². The number of nitrogens with two attached hydrogens (primary N) is 1. The van der Waals surface area contributed by atoms with Gasteiger partial charge < -0.3 is 11.1 Å². The molecule has 2 amide bonds. The molecule has 0 atom stereocenters. The van der Waals surface area contributed by atoms with Crippen LogP contribution in [0.5, 0.6) is 0 Å². The summed E-state index contributed by atoms with van der Waals surface area (Å²) in [5.74, 6) is -0.517. The summed E-state index contributed by atoms with van der Waals surface area (Å²) in [7, 11) is 0. The van der Waals surface area contributed by atoms with Crippen molar-refractivity contribution in [2.45, 2.75) is 0 Å². The van der Waals surface area contributed by atoms with Crippen LogP contribution in [0.15, 0.2) is 55.1 Å². The zero-order valence-electron chi connectivity index (χ0n) is 11.9. The van der Waals surface area contributed by atoms with Crippen molar-refractivity contribution in [2.24, 2.45) is 5.73 Å². The maximum absolute atomic E-state index is 12.1. The number of benzene rings is 1. The number of nitrogens with one attached hydrogen (secondary N) is 1. The van der Waals surface area contributed by atoms with Gasteiger partial charge in [-0.15, -0.1) is 5.10 Å². The highest BCUT2D eigenvalue weighted by Gasteiger charge is 2.11. The van der Waals surface area contributed by atoms with Gasteiger partial charge in [-0.05, 0) is 36.4 Å². The van der Waals surface area contributed by atoms with Gasteiger partial charge in [0.25, 0.3) is 11.8 Å². The number of carbonyl (C=O) groups is 2. The second-order valence-corrected chi connectivity index (χ2v) is 4.62. The minimum Gasteiger partial charge on any atom is -0.364 e. The third-order valence-corrected chi connectivity index (χ3v) is 3.11. The van der Waals surface area contributed by atoms with Crippen LogP contribution in [0.1, 0.15) is 20.8 Å². The molecule has 8 nitrogen and oxygen atoms in total. The molecule has 0 saturated carbocycles. The molecule has 3 aromatic rings. The first-order chi connectivity index (χ1) is 11.1. The molecule has 2 heterocycles. The van der Waals surface area contributed by atoms with Crippen molar-refractivity contribution < 1.29 is 9.59 Å². The third kappa shape index (κ3) is 3.05. The Morgan fingerprint density at radius 2 is 1.91 bits per heavy atom. The number of amides is 2. The molecule has 3 rings (SSSR count). The second-order valence-electron chi connectivity index (χ2n) is 4.62. The third-order valence-electron chi connectivity index (χ3n) is 3.11. The number of hydrogen-bond donors (Lipinski definition) is 2. The number of rotatable bonds is 4. The Kier molecular flexibility index (Phi) is 3.79. The lowest BCUT2D eigenvalue weighted by Crippen LogP contribution is -2.16. The van der Waals surface area contributed by atoms with E-state index in [1.165, 1.54) is 18.7 Å². The number of anilines is 1. The van der Waals surface area contributed by atoms with Gasteiger partial charge in [0.1, 0.15) is 5.69 Å². The Bertz CT molecular complexity index is 842. The van der Waals surface area contributed by atoms with Gasteiger partial charge in [-0.3, -0.25) is 14.2 Å². The Morgan fingerprint density at radius 3 is 2.57 bits per heavy atom. The highest BCUT2D eigenvalue weighted by atomic mass is 16.2. The van der Waals surface area contributed by atoms with Crippen LogP contribution in [0.2, 0.25) is 0 Å². The van der Waals surface area contributed by atoms with Crippen molar-refractivity contribution in [1.29, 1.82) is 0 Å². The lowest BCUT2D eigenvalue weighted by atomic mass is 10.2.